The Bertz CT molecular complexity index is 557. The zero-order valence-electron chi connectivity index (χ0n) is 13.3. The first-order chi connectivity index (χ1) is 11.2. The minimum atomic E-state index is -0.176. The molecular formula is C17H24N2O3S. The van der Waals surface area contributed by atoms with Gasteiger partial charge in [-0.1, -0.05) is 0 Å². The lowest BCUT2D eigenvalue weighted by atomic mass is 9.99. The number of hydrogen-bond donors (Lipinski definition) is 3. The molecule has 0 saturated heterocycles. The van der Waals surface area contributed by atoms with E-state index in [1.54, 1.807) is 11.3 Å². The summed E-state index contributed by atoms with van der Waals surface area (Å²) in [5, 5.41) is 14.7. The largest absolute Gasteiger partial charge is 0.396 e. The van der Waals surface area contributed by atoms with Crippen molar-refractivity contribution in [3.8, 4) is 0 Å². The van der Waals surface area contributed by atoms with E-state index < -0.39 is 0 Å². The van der Waals surface area contributed by atoms with Crippen LogP contribution >= 0.6 is 11.3 Å². The minimum absolute atomic E-state index is 0.00392. The average Bonchev–Trinajstić information content (AvgIpc) is 3.30. The van der Waals surface area contributed by atoms with Gasteiger partial charge in [0.1, 0.15) is 0 Å². The molecule has 3 rings (SSSR count). The first kappa shape index (κ1) is 16.5. The highest BCUT2D eigenvalue weighted by atomic mass is 32.1. The molecule has 5 nitrogen and oxygen atoms in total. The predicted octanol–water partition coefficient (Wildman–Crippen LogP) is 1.63. The van der Waals surface area contributed by atoms with E-state index in [-0.39, 0.29) is 31.0 Å². The number of carbonyl (C=O) groups is 2. The molecule has 0 spiro atoms. The summed E-state index contributed by atoms with van der Waals surface area (Å²) in [6.45, 7) is 0.0740. The van der Waals surface area contributed by atoms with Gasteiger partial charge in [-0.3, -0.25) is 9.59 Å². The summed E-state index contributed by atoms with van der Waals surface area (Å²) < 4.78 is 0. The van der Waals surface area contributed by atoms with Gasteiger partial charge in [-0.05, 0) is 62.5 Å². The van der Waals surface area contributed by atoms with Crippen LogP contribution in [-0.2, 0) is 17.6 Å². The van der Waals surface area contributed by atoms with Crippen molar-refractivity contribution in [1.29, 1.82) is 0 Å². The number of hydrogen-bond acceptors (Lipinski definition) is 4. The third-order valence-corrected chi connectivity index (χ3v) is 5.84. The van der Waals surface area contributed by atoms with Gasteiger partial charge in [-0.2, -0.15) is 0 Å². The van der Waals surface area contributed by atoms with E-state index >= 15 is 0 Å². The van der Waals surface area contributed by atoms with E-state index in [1.165, 1.54) is 23.3 Å². The number of aryl methyl sites for hydroxylation is 2. The topological polar surface area (TPSA) is 78.4 Å². The molecular weight excluding hydrogens is 312 g/mol. The summed E-state index contributed by atoms with van der Waals surface area (Å²) in [6.07, 6.45) is 7.32. The number of carbonyl (C=O) groups excluding carboxylic acids is 2. The number of nitrogens with one attached hydrogen (secondary N) is 2. The van der Waals surface area contributed by atoms with Crippen LogP contribution in [0.5, 0.6) is 0 Å². The molecule has 1 aromatic heterocycles. The third-order valence-electron chi connectivity index (χ3n) is 4.61. The van der Waals surface area contributed by atoms with Crippen molar-refractivity contribution >= 4 is 23.2 Å². The summed E-state index contributed by atoms with van der Waals surface area (Å²) >= 11 is 1.56. The van der Waals surface area contributed by atoms with Crippen molar-refractivity contribution in [3.63, 3.8) is 0 Å². The molecule has 2 aliphatic carbocycles. The van der Waals surface area contributed by atoms with Crippen LogP contribution in [0, 0.1) is 5.92 Å². The maximum absolute atomic E-state index is 12.2. The summed E-state index contributed by atoms with van der Waals surface area (Å²) in [6, 6.07) is 2.02. The van der Waals surface area contributed by atoms with Crippen LogP contribution in [-0.4, -0.2) is 36.1 Å². The molecule has 1 fully saturated rings. The average molecular weight is 336 g/mol. The van der Waals surface area contributed by atoms with Crippen molar-refractivity contribution in [2.45, 2.75) is 51.0 Å². The van der Waals surface area contributed by atoms with Crippen LogP contribution in [0.4, 0.5) is 0 Å². The Morgan fingerprint density at radius 3 is 2.78 bits per heavy atom. The van der Waals surface area contributed by atoms with E-state index in [0.29, 0.717) is 17.2 Å². The van der Waals surface area contributed by atoms with Crippen LogP contribution < -0.4 is 10.6 Å². The molecule has 126 valence electrons. The smallest absolute Gasteiger partial charge is 0.261 e. The van der Waals surface area contributed by atoms with Crippen LogP contribution in [0.3, 0.4) is 0 Å². The molecule has 1 aromatic rings. The Morgan fingerprint density at radius 1 is 1.30 bits per heavy atom. The second-order valence-corrected chi connectivity index (χ2v) is 7.61. The molecule has 0 aliphatic heterocycles. The van der Waals surface area contributed by atoms with E-state index in [1.807, 2.05) is 6.07 Å². The Labute approximate surface area is 140 Å². The van der Waals surface area contributed by atoms with E-state index in [2.05, 4.69) is 10.6 Å². The van der Waals surface area contributed by atoms with Crippen molar-refractivity contribution in [2.75, 3.05) is 13.2 Å². The lowest BCUT2D eigenvalue weighted by Crippen LogP contribution is -2.43. The first-order valence-electron chi connectivity index (χ1n) is 8.47. The molecule has 2 aliphatic rings. The number of amides is 2. The van der Waals surface area contributed by atoms with Gasteiger partial charge in [0.25, 0.3) is 5.91 Å². The van der Waals surface area contributed by atoms with Gasteiger partial charge in [0.05, 0.1) is 11.4 Å². The number of thiophene rings is 1. The van der Waals surface area contributed by atoms with Gasteiger partial charge < -0.3 is 15.7 Å². The second-order valence-electron chi connectivity index (χ2n) is 6.47. The minimum Gasteiger partial charge on any atom is -0.396 e. The predicted molar refractivity (Wildman–Crippen MR) is 89.7 cm³/mol. The van der Waals surface area contributed by atoms with Gasteiger partial charge in [0, 0.05) is 17.5 Å². The normalized spacial score (nSPS) is 18.1. The summed E-state index contributed by atoms with van der Waals surface area (Å²) in [5.41, 5.74) is 1.30. The maximum Gasteiger partial charge on any atom is 0.261 e. The molecule has 2 amide bonds. The van der Waals surface area contributed by atoms with E-state index in [4.69, 9.17) is 5.11 Å². The molecule has 0 radical (unpaired) electrons. The summed E-state index contributed by atoms with van der Waals surface area (Å²) in [5.74, 6) is 0.153. The van der Waals surface area contributed by atoms with Gasteiger partial charge in [-0.15, -0.1) is 11.3 Å². The summed E-state index contributed by atoms with van der Waals surface area (Å²) in [7, 11) is 0. The van der Waals surface area contributed by atoms with Crippen molar-refractivity contribution < 1.29 is 14.7 Å². The first-order valence-corrected chi connectivity index (χ1v) is 9.29. The number of rotatable bonds is 7. The Morgan fingerprint density at radius 2 is 2.09 bits per heavy atom. The molecule has 1 saturated carbocycles. The Balaban J connectivity index is 1.48. The zero-order chi connectivity index (χ0) is 16.2. The molecule has 0 aromatic carbocycles. The molecule has 1 unspecified atom stereocenters. The van der Waals surface area contributed by atoms with Gasteiger partial charge in [0.2, 0.25) is 5.91 Å². The van der Waals surface area contributed by atoms with Crippen LogP contribution in [0.15, 0.2) is 6.07 Å². The van der Waals surface area contributed by atoms with Crippen LogP contribution in [0.2, 0.25) is 0 Å². The van der Waals surface area contributed by atoms with Crippen LogP contribution in [0.1, 0.15) is 52.2 Å². The van der Waals surface area contributed by atoms with Gasteiger partial charge in [0.15, 0.2) is 0 Å². The monoisotopic (exact) mass is 336 g/mol. The van der Waals surface area contributed by atoms with E-state index in [9.17, 15) is 9.59 Å². The molecule has 1 atom stereocenters. The summed E-state index contributed by atoms with van der Waals surface area (Å²) in [4.78, 5) is 26.2. The third kappa shape index (κ3) is 4.32. The number of fused-ring (bicyclic) bond motifs is 1. The highest BCUT2D eigenvalue weighted by molar-refractivity contribution is 7.14. The zero-order valence-corrected chi connectivity index (χ0v) is 14.1. The molecule has 6 heteroatoms. The van der Waals surface area contributed by atoms with Gasteiger partial charge in [-0.25, -0.2) is 0 Å². The fourth-order valence-corrected chi connectivity index (χ4v) is 4.34. The SMILES string of the molecule is O=C(CNC(=O)c1cc2c(s1)CCCC2)NC(CCO)C1CC1. The standard InChI is InChI=1S/C17H24N2O3S/c20-8-7-13(11-5-6-11)19-16(21)10-18-17(22)15-9-12-3-1-2-4-14(12)23-15/h9,11,13,20H,1-8,10H2,(H,18,22)(H,19,21). The Hall–Kier alpha value is -1.40. The molecule has 0 bridgehead atoms. The molecule has 3 N–H and O–H groups in total. The second kappa shape index (κ2) is 7.45. The molecule has 1 heterocycles. The quantitative estimate of drug-likeness (QED) is 0.708. The fourth-order valence-electron chi connectivity index (χ4n) is 3.17. The number of aliphatic hydroxyl groups excluding tert-OH is 1. The Kier molecular flexibility index (Phi) is 5.33. The maximum atomic E-state index is 12.2. The highest BCUT2D eigenvalue weighted by Crippen LogP contribution is 2.33. The fraction of sp³-hybridized carbons (Fsp3) is 0.647. The highest BCUT2D eigenvalue weighted by Gasteiger charge is 2.31. The lowest BCUT2D eigenvalue weighted by molar-refractivity contribution is -0.121. The van der Waals surface area contributed by atoms with E-state index in [0.717, 1.165) is 25.7 Å². The van der Waals surface area contributed by atoms with Crippen molar-refractivity contribution in [2.24, 2.45) is 5.92 Å². The van der Waals surface area contributed by atoms with Crippen molar-refractivity contribution in [1.82, 2.24) is 10.6 Å². The van der Waals surface area contributed by atoms with Gasteiger partial charge >= 0.3 is 0 Å². The number of aliphatic hydroxyl groups is 1. The van der Waals surface area contributed by atoms with Crippen LogP contribution in [0.25, 0.3) is 0 Å². The van der Waals surface area contributed by atoms with Crippen molar-refractivity contribution in [3.05, 3.63) is 21.4 Å². The lowest BCUT2D eigenvalue weighted by Gasteiger charge is -2.17. The molecule has 23 heavy (non-hydrogen) atoms.